The van der Waals surface area contributed by atoms with Crippen molar-refractivity contribution in [3.05, 3.63) is 54.2 Å². The van der Waals surface area contributed by atoms with E-state index in [0.29, 0.717) is 0 Å². The molecule has 2 rings (SSSR count). The fourth-order valence-electron chi connectivity index (χ4n) is 1.38. The van der Waals surface area contributed by atoms with Crippen molar-refractivity contribution < 1.29 is 0 Å². The topological polar surface area (TPSA) is 36.7 Å². The molecule has 14 heavy (non-hydrogen) atoms. The smallest absolute Gasteiger partial charge is 0.0708 e. The maximum absolute atomic E-state index is 7.28. The number of hydrogen-bond donors (Lipinski definition) is 1. The van der Waals surface area contributed by atoms with Crippen molar-refractivity contribution in [2.24, 2.45) is 0 Å². The molecule has 0 atom stereocenters. The van der Waals surface area contributed by atoms with Crippen LogP contribution in [-0.4, -0.2) is 11.2 Å². The van der Waals surface area contributed by atoms with Gasteiger partial charge in [-0.1, -0.05) is 30.3 Å². The molecule has 0 radical (unpaired) electrons. The zero-order chi connectivity index (χ0) is 9.80. The first-order valence-electron chi connectivity index (χ1n) is 4.43. The van der Waals surface area contributed by atoms with E-state index in [0.717, 1.165) is 16.8 Å². The first-order chi connectivity index (χ1) is 6.92. The lowest BCUT2D eigenvalue weighted by Gasteiger charge is -2.03. The van der Waals surface area contributed by atoms with Crippen LogP contribution in [0.3, 0.4) is 0 Å². The van der Waals surface area contributed by atoms with E-state index in [1.54, 1.807) is 6.20 Å². The van der Waals surface area contributed by atoms with Crippen molar-refractivity contribution in [2.75, 3.05) is 0 Å². The van der Waals surface area contributed by atoms with Gasteiger partial charge in [0.05, 0.1) is 5.69 Å². The third-order valence-electron chi connectivity index (χ3n) is 2.06. The number of benzene rings is 1. The third-order valence-corrected chi connectivity index (χ3v) is 2.06. The number of nitrogens with one attached hydrogen (secondary N) is 1. The molecular weight excluding hydrogens is 172 g/mol. The second-order valence-electron chi connectivity index (χ2n) is 2.95. The molecule has 0 fully saturated rings. The second-order valence-corrected chi connectivity index (χ2v) is 2.95. The highest BCUT2D eigenvalue weighted by Crippen LogP contribution is 2.19. The largest absolute Gasteiger partial charge is 0.308 e. The molecule has 0 bridgehead atoms. The lowest BCUT2D eigenvalue weighted by atomic mass is 10.1. The molecule has 2 nitrogen and oxygen atoms in total. The van der Waals surface area contributed by atoms with Gasteiger partial charge in [0.1, 0.15) is 0 Å². The Bertz CT molecular complexity index is 435. The van der Waals surface area contributed by atoms with Crippen LogP contribution in [-0.2, 0) is 0 Å². The quantitative estimate of drug-likeness (QED) is 0.712. The van der Waals surface area contributed by atoms with E-state index >= 15 is 0 Å². The molecule has 0 saturated carbocycles. The standard InChI is InChI=1S/C12H10N2/c13-9-10-5-1-2-6-11(10)12-7-3-4-8-14-12/h1-9,13H. The Morgan fingerprint density at radius 1 is 1.00 bits per heavy atom. The summed E-state index contributed by atoms with van der Waals surface area (Å²) in [6, 6.07) is 13.5. The molecule has 68 valence electrons. The van der Waals surface area contributed by atoms with Gasteiger partial charge in [-0.3, -0.25) is 4.98 Å². The van der Waals surface area contributed by atoms with Crippen LogP contribution >= 0.6 is 0 Å². The van der Waals surface area contributed by atoms with Crippen LogP contribution in [0.1, 0.15) is 5.56 Å². The summed E-state index contributed by atoms with van der Waals surface area (Å²) in [4.78, 5) is 4.25. The van der Waals surface area contributed by atoms with Crippen LogP contribution in [0.5, 0.6) is 0 Å². The molecule has 0 aliphatic rings. The van der Waals surface area contributed by atoms with Gasteiger partial charge in [0, 0.05) is 23.5 Å². The fourth-order valence-corrected chi connectivity index (χ4v) is 1.38. The van der Waals surface area contributed by atoms with E-state index < -0.39 is 0 Å². The van der Waals surface area contributed by atoms with E-state index in [2.05, 4.69) is 4.98 Å². The first kappa shape index (κ1) is 8.63. The number of pyridine rings is 1. The molecule has 2 aromatic rings. The summed E-state index contributed by atoms with van der Waals surface area (Å²) in [5.74, 6) is 0. The van der Waals surface area contributed by atoms with Gasteiger partial charge in [-0.15, -0.1) is 0 Å². The van der Waals surface area contributed by atoms with Crippen LogP contribution in [0, 0.1) is 5.41 Å². The van der Waals surface area contributed by atoms with E-state index in [-0.39, 0.29) is 0 Å². The van der Waals surface area contributed by atoms with Gasteiger partial charge in [-0.25, -0.2) is 0 Å². The fraction of sp³-hybridized carbons (Fsp3) is 0. The predicted molar refractivity (Wildman–Crippen MR) is 57.6 cm³/mol. The molecule has 1 aromatic heterocycles. The molecule has 1 heterocycles. The summed E-state index contributed by atoms with van der Waals surface area (Å²) in [6.07, 6.45) is 3.11. The maximum atomic E-state index is 7.28. The molecular formula is C12H10N2. The van der Waals surface area contributed by atoms with Crippen LogP contribution < -0.4 is 0 Å². The van der Waals surface area contributed by atoms with Crippen molar-refractivity contribution >= 4 is 6.21 Å². The lowest BCUT2D eigenvalue weighted by Crippen LogP contribution is -1.88. The van der Waals surface area contributed by atoms with Crippen molar-refractivity contribution in [3.8, 4) is 11.3 Å². The van der Waals surface area contributed by atoms with Crippen LogP contribution in [0.2, 0.25) is 0 Å². The molecule has 1 N–H and O–H groups in total. The molecule has 0 aliphatic heterocycles. The Morgan fingerprint density at radius 2 is 1.79 bits per heavy atom. The normalized spacial score (nSPS) is 9.71. The van der Waals surface area contributed by atoms with Gasteiger partial charge < -0.3 is 5.41 Å². The molecule has 1 aromatic carbocycles. The summed E-state index contributed by atoms with van der Waals surface area (Å²) in [7, 11) is 0. The van der Waals surface area contributed by atoms with Crippen molar-refractivity contribution in [3.63, 3.8) is 0 Å². The number of aromatic nitrogens is 1. The highest BCUT2D eigenvalue weighted by molar-refractivity contribution is 5.87. The minimum Gasteiger partial charge on any atom is -0.308 e. The van der Waals surface area contributed by atoms with Gasteiger partial charge in [-0.2, -0.15) is 0 Å². The van der Waals surface area contributed by atoms with Gasteiger partial charge in [0.2, 0.25) is 0 Å². The molecule has 0 amide bonds. The Labute approximate surface area is 82.8 Å². The van der Waals surface area contributed by atoms with Gasteiger partial charge in [-0.05, 0) is 12.1 Å². The summed E-state index contributed by atoms with van der Waals surface area (Å²) in [6.45, 7) is 0. The molecule has 2 heteroatoms. The van der Waals surface area contributed by atoms with Crippen LogP contribution in [0.25, 0.3) is 11.3 Å². The SMILES string of the molecule is N=Cc1ccccc1-c1ccccn1. The molecule has 0 saturated heterocycles. The highest BCUT2D eigenvalue weighted by Gasteiger charge is 2.01. The van der Waals surface area contributed by atoms with Gasteiger partial charge >= 0.3 is 0 Å². The maximum Gasteiger partial charge on any atom is 0.0708 e. The number of hydrogen-bond acceptors (Lipinski definition) is 2. The predicted octanol–water partition coefficient (Wildman–Crippen LogP) is 2.75. The summed E-state index contributed by atoms with van der Waals surface area (Å²) >= 11 is 0. The minimum atomic E-state index is 0.895. The zero-order valence-corrected chi connectivity index (χ0v) is 7.64. The lowest BCUT2D eigenvalue weighted by molar-refractivity contribution is 1.32. The Kier molecular flexibility index (Phi) is 2.36. The number of rotatable bonds is 2. The van der Waals surface area contributed by atoms with E-state index in [1.165, 1.54) is 6.21 Å². The molecule has 0 unspecified atom stereocenters. The van der Waals surface area contributed by atoms with Gasteiger partial charge in [0.25, 0.3) is 0 Å². The van der Waals surface area contributed by atoms with Gasteiger partial charge in [0.15, 0.2) is 0 Å². The molecule has 0 spiro atoms. The van der Waals surface area contributed by atoms with Crippen molar-refractivity contribution in [2.45, 2.75) is 0 Å². The Balaban J connectivity index is 2.57. The van der Waals surface area contributed by atoms with E-state index in [1.807, 2.05) is 42.5 Å². The summed E-state index contributed by atoms with van der Waals surface area (Å²) < 4.78 is 0. The average Bonchev–Trinajstić information content (AvgIpc) is 2.30. The van der Waals surface area contributed by atoms with E-state index in [9.17, 15) is 0 Å². The molecule has 0 aliphatic carbocycles. The van der Waals surface area contributed by atoms with E-state index in [4.69, 9.17) is 5.41 Å². The summed E-state index contributed by atoms with van der Waals surface area (Å²) in [5.41, 5.74) is 2.81. The highest BCUT2D eigenvalue weighted by atomic mass is 14.7. The van der Waals surface area contributed by atoms with Crippen molar-refractivity contribution in [1.82, 2.24) is 4.98 Å². The monoisotopic (exact) mass is 182 g/mol. The Morgan fingerprint density at radius 3 is 2.50 bits per heavy atom. The summed E-state index contributed by atoms with van der Waals surface area (Å²) in [5, 5.41) is 7.28. The minimum absolute atomic E-state index is 0.895. The zero-order valence-electron chi connectivity index (χ0n) is 7.64. The van der Waals surface area contributed by atoms with Crippen molar-refractivity contribution in [1.29, 1.82) is 5.41 Å². The average molecular weight is 182 g/mol. The third kappa shape index (κ3) is 1.55. The Hall–Kier alpha value is -1.96. The van der Waals surface area contributed by atoms with Crippen LogP contribution in [0.4, 0.5) is 0 Å². The second kappa shape index (κ2) is 3.83. The number of nitrogens with zero attached hydrogens (tertiary/aromatic N) is 1. The first-order valence-corrected chi connectivity index (χ1v) is 4.43. The van der Waals surface area contributed by atoms with Crippen LogP contribution in [0.15, 0.2) is 48.7 Å².